The molecule has 0 aliphatic rings. The first-order valence-electron chi connectivity index (χ1n) is 11.4. The molecule has 0 radical (unpaired) electrons. The summed E-state index contributed by atoms with van der Waals surface area (Å²) in [5.41, 5.74) is 3.56. The number of amides is 2. The minimum atomic E-state index is -0.0709. The van der Waals surface area contributed by atoms with Gasteiger partial charge in [-0.3, -0.25) is 0 Å². The summed E-state index contributed by atoms with van der Waals surface area (Å²) in [5, 5.41) is 3.05. The van der Waals surface area contributed by atoms with Crippen molar-refractivity contribution >= 4 is 22.0 Å². The molecule has 0 atom stereocenters. The van der Waals surface area contributed by atoms with E-state index in [0.29, 0.717) is 26.2 Å². The summed E-state index contributed by atoms with van der Waals surface area (Å²) in [6.07, 6.45) is 0.726. The number of urea groups is 1. The van der Waals surface area contributed by atoms with Gasteiger partial charge in [0.15, 0.2) is 0 Å². The van der Waals surface area contributed by atoms with E-state index in [0.717, 1.165) is 27.8 Å². The molecule has 0 aliphatic heterocycles. The van der Waals surface area contributed by atoms with E-state index in [1.165, 1.54) is 5.56 Å². The van der Waals surface area contributed by atoms with E-state index in [1.807, 2.05) is 71.6 Å². The van der Waals surface area contributed by atoms with Crippen molar-refractivity contribution in [3.05, 3.63) is 100 Å². The molecule has 4 nitrogen and oxygen atoms in total. The van der Waals surface area contributed by atoms with Gasteiger partial charge in [0, 0.05) is 19.6 Å². The average Bonchev–Trinajstić information content (AvgIpc) is 2.80. The van der Waals surface area contributed by atoms with E-state index in [4.69, 9.17) is 4.74 Å². The molecule has 174 valence electrons. The molecule has 3 aromatic carbocycles. The van der Waals surface area contributed by atoms with Crippen molar-refractivity contribution in [1.82, 2.24) is 10.2 Å². The molecule has 0 saturated carbocycles. The molecule has 5 heteroatoms. The summed E-state index contributed by atoms with van der Waals surface area (Å²) in [7, 11) is 0. The van der Waals surface area contributed by atoms with E-state index in [2.05, 4.69) is 54.2 Å². The van der Waals surface area contributed by atoms with Crippen LogP contribution in [0.3, 0.4) is 0 Å². The Bertz CT molecular complexity index is 976. The largest absolute Gasteiger partial charge is 0.492 e. The molecule has 33 heavy (non-hydrogen) atoms. The summed E-state index contributed by atoms with van der Waals surface area (Å²) < 4.78 is 6.88. The molecular formula is C28H33BrN2O2. The Morgan fingerprint density at radius 2 is 1.48 bits per heavy atom. The van der Waals surface area contributed by atoms with E-state index in [-0.39, 0.29) is 11.4 Å². The molecule has 0 saturated heterocycles. The lowest BCUT2D eigenvalue weighted by Gasteiger charge is -2.23. The van der Waals surface area contributed by atoms with Gasteiger partial charge < -0.3 is 15.0 Å². The SMILES string of the molecule is CC(C)(C)c1ccc(OCCCNC(=O)N(Cc2ccccc2)Cc2ccccc2)c(Br)c1. The summed E-state index contributed by atoms with van der Waals surface area (Å²) in [5.74, 6) is 0.823. The number of carbonyl (C=O) groups excluding carboxylic acids is 1. The molecule has 0 bridgehead atoms. The van der Waals surface area contributed by atoms with Crippen LogP contribution >= 0.6 is 15.9 Å². The van der Waals surface area contributed by atoms with Crippen LogP contribution in [-0.2, 0) is 18.5 Å². The van der Waals surface area contributed by atoms with Crippen molar-refractivity contribution < 1.29 is 9.53 Å². The highest BCUT2D eigenvalue weighted by molar-refractivity contribution is 9.10. The van der Waals surface area contributed by atoms with Crippen LogP contribution in [0.2, 0.25) is 0 Å². The molecule has 0 heterocycles. The van der Waals surface area contributed by atoms with Crippen LogP contribution < -0.4 is 10.1 Å². The maximum absolute atomic E-state index is 12.9. The topological polar surface area (TPSA) is 41.6 Å². The van der Waals surface area contributed by atoms with Gasteiger partial charge >= 0.3 is 6.03 Å². The molecule has 2 amide bonds. The van der Waals surface area contributed by atoms with Gasteiger partial charge in [-0.15, -0.1) is 0 Å². The van der Waals surface area contributed by atoms with Crippen molar-refractivity contribution in [1.29, 1.82) is 0 Å². The third-order valence-electron chi connectivity index (χ3n) is 5.37. The number of nitrogens with one attached hydrogen (secondary N) is 1. The minimum Gasteiger partial charge on any atom is -0.492 e. The Balaban J connectivity index is 1.50. The second kappa shape index (κ2) is 11.9. The van der Waals surface area contributed by atoms with Gasteiger partial charge in [0.2, 0.25) is 0 Å². The summed E-state index contributed by atoms with van der Waals surface area (Å²) in [6, 6.07) is 26.3. The van der Waals surface area contributed by atoms with E-state index >= 15 is 0 Å². The number of hydrogen-bond donors (Lipinski definition) is 1. The molecule has 0 unspecified atom stereocenters. The van der Waals surface area contributed by atoms with Crippen molar-refractivity contribution in [2.24, 2.45) is 0 Å². The van der Waals surface area contributed by atoms with E-state index in [9.17, 15) is 4.79 Å². The van der Waals surface area contributed by atoms with Crippen LogP contribution in [0.5, 0.6) is 5.75 Å². The van der Waals surface area contributed by atoms with Gasteiger partial charge in [-0.1, -0.05) is 87.5 Å². The maximum Gasteiger partial charge on any atom is 0.318 e. The average molecular weight is 509 g/mol. The lowest BCUT2D eigenvalue weighted by molar-refractivity contribution is 0.191. The summed E-state index contributed by atoms with van der Waals surface area (Å²) >= 11 is 3.61. The highest BCUT2D eigenvalue weighted by Crippen LogP contribution is 2.31. The number of nitrogens with zero attached hydrogens (tertiary/aromatic N) is 1. The first-order valence-corrected chi connectivity index (χ1v) is 12.2. The van der Waals surface area contributed by atoms with Crippen LogP contribution in [0.1, 0.15) is 43.9 Å². The lowest BCUT2D eigenvalue weighted by Crippen LogP contribution is -2.39. The minimum absolute atomic E-state index is 0.0709. The molecule has 3 rings (SSSR count). The van der Waals surface area contributed by atoms with Crippen LogP contribution in [-0.4, -0.2) is 24.1 Å². The lowest BCUT2D eigenvalue weighted by atomic mass is 9.87. The van der Waals surface area contributed by atoms with E-state index < -0.39 is 0 Å². The highest BCUT2D eigenvalue weighted by atomic mass is 79.9. The molecule has 0 aromatic heterocycles. The quantitative estimate of drug-likeness (QED) is 0.318. The van der Waals surface area contributed by atoms with Crippen LogP contribution in [0, 0.1) is 0 Å². The second-order valence-corrected chi connectivity index (χ2v) is 10.0. The molecule has 0 aliphatic carbocycles. The zero-order valence-corrected chi connectivity index (χ0v) is 21.3. The Hall–Kier alpha value is -2.79. The fraction of sp³-hybridized carbons (Fsp3) is 0.321. The Labute approximate surface area is 206 Å². The van der Waals surface area contributed by atoms with Crippen molar-refractivity contribution in [2.45, 2.75) is 45.7 Å². The summed E-state index contributed by atoms with van der Waals surface area (Å²) in [6.45, 7) is 8.78. The third kappa shape index (κ3) is 7.93. The number of halogens is 1. The zero-order chi connectivity index (χ0) is 23.7. The smallest absolute Gasteiger partial charge is 0.318 e. The monoisotopic (exact) mass is 508 g/mol. The Morgan fingerprint density at radius 1 is 0.909 bits per heavy atom. The van der Waals surface area contributed by atoms with Crippen molar-refractivity contribution in [2.75, 3.05) is 13.2 Å². The van der Waals surface area contributed by atoms with Gasteiger partial charge in [0.05, 0.1) is 11.1 Å². The molecular weight excluding hydrogens is 476 g/mol. The Morgan fingerprint density at radius 3 is 2.00 bits per heavy atom. The van der Waals surface area contributed by atoms with E-state index in [1.54, 1.807) is 0 Å². The van der Waals surface area contributed by atoms with Crippen molar-refractivity contribution in [3.8, 4) is 5.75 Å². The first-order chi connectivity index (χ1) is 15.8. The third-order valence-corrected chi connectivity index (χ3v) is 5.99. The molecule has 3 aromatic rings. The molecule has 0 fully saturated rings. The standard InChI is InChI=1S/C28H33BrN2O2/c1-28(2,3)24-15-16-26(25(29)19-24)33-18-10-17-30-27(32)31(20-22-11-6-4-7-12-22)21-23-13-8-5-9-14-23/h4-9,11-16,19H,10,17-18,20-21H2,1-3H3,(H,30,32). The highest BCUT2D eigenvalue weighted by Gasteiger charge is 2.16. The van der Waals surface area contributed by atoms with Crippen LogP contribution in [0.15, 0.2) is 83.3 Å². The normalized spacial score (nSPS) is 11.2. The predicted molar refractivity (Wildman–Crippen MR) is 138 cm³/mol. The number of rotatable bonds is 9. The fourth-order valence-electron chi connectivity index (χ4n) is 3.45. The van der Waals surface area contributed by atoms with Crippen molar-refractivity contribution in [3.63, 3.8) is 0 Å². The molecule has 0 spiro atoms. The summed E-state index contributed by atoms with van der Waals surface area (Å²) in [4.78, 5) is 14.8. The second-order valence-electron chi connectivity index (χ2n) is 9.16. The van der Waals surface area contributed by atoms with Gasteiger partial charge in [-0.2, -0.15) is 0 Å². The van der Waals surface area contributed by atoms with Gasteiger partial charge in [-0.05, 0) is 56.6 Å². The van der Waals surface area contributed by atoms with Gasteiger partial charge in [0.1, 0.15) is 5.75 Å². The fourth-order valence-corrected chi connectivity index (χ4v) is 3.95. The first kappa shape index (κ1) is 24.8. The maximum atomic E-state index is 12.9. The van der Waals surface area contributed by atoms with Gasteiger partial charge in [-0.25, -0.2) is 4.79 Å². The zero-order valence-electron chi connectivity index (χ0n) is 19.7. The number of benzene rings is 3. The van der Waals surface area contributed by atoms with Gasteiger partial charge in [0.25, 0.3) is 0 Å². The molecule has 1 N–H and O–H groups in total. The number of ether oxygens (including phenoxy) is 1. The predicted octanol–water partition coefficient (Wildman–Crippen LogP) is 6.93. The van der Waals surface area contributed by atoms with Crippen LogP contribution in [0.25, 0.3) is 0 Å². The Kier molecular flexibility index (Phi) is 8.95. The van der Waals surface area contributed by atoms with Crippen LogP contribution in [0.4, 0.5) is 4.79 Å². The number of carbonyl (C=O) groups is 1. The number of hydrogen-bond acceptors (Lipinski definition) is 2.